The highest BCUT2D eigenvalue weighted by Crippen LogP contribution is 2.23. The maximum Gasteiger partial charge on any atom is 0.387 e. The second kappa shape index (κ2) is 9.96. The van der Waals surface area contributed by atoms with Crippen LogP contribution in [0.25, 0.3) is 0 Å². The van der Waals surface area contributed by atoms with Crippen LogP contribution >= 0.6 is 0 Å². The summed E-state index contributed by atoms with van der Waals surface area (Å²) in [5, 5.41) is 6.77. The van der Waals surface area contributed by atoms with E-state index in [0.29, 0.717) is 0 Å². The molecule has 0 aliphatic carbocycles. The number of hydrogen-bond acceptors (Lipinski definition) is 4. The van der Waals surface area contributed by atoms with Gasteiger partial charge in [0.25, 0.3) is 0 Å². The highest BCUT2D eigenvalue weighted by molar-refractivity contribution is 5.80. The van der Waals surface area contributed by atoms with Gasteiger partial charge in [-0.15, -0.1) is 0 Å². The minimum atomic E-state index is -2.80. The van der Waals surface area contributed by atoms with E-state index in [1.165, 1.54) is 0 Å². The molecule has 1 unspecified atom stereocenters. The number of hydrogen-bond donors (Lipinski definition) is 2. The van der Waals surface area contributed by atoms with Crippen LogP contribution in [0.3, 0.4) is 0 Å². The first kappa shape index (κ1) is 20.0. The molecule has 2 heterocycles. The Morgan fingerprint density at radius 3 is 2.82 bits per heavy atom. The lowest BCUT2D eigenvalue weighted by molar-refractivity contribution is -0.0498. The van der Waals surface area contributed by atoms with Gasteiger partial charge in [-0.3, -0.25) is 4.99 Å². The molecule has 6 nitrogen and oxygen atoms in total. The molecular formula is C20H26F2N4O2. The largest absolute Gasteiger partial charge is 0.469 e. The smallest absolute Gasteiger partial charge is 0.387 e. The van der Waals surface area contributed by atoms with E-state index < -0.39 is 6.61 Å². The Balaban J connectivity index is 1.49. The summed E-state index contributed by atoms with van der Waals surface area (Å²) in [5.41, 5.74) is 0.994. The summed E-state index contributed by atoms with van der Waals surface area (Å²) in [7, 11) is 1.75. The maximum atomic E-state index is 12.3. The molecule has 0 radical (unpaired) electrons. The number of alkyl halides is 2. The van der Waals surface area contributed by atoms with Crippen molar-refractivity contribution < 1.29 is 17.9 Å². The summed E-state index contributed by atoms with van der Waals surface area (Å²) in [5.74, 6) is 1.87. The fourth-order valence-electron chi connectivity index (χ4n) is 3.31. The maximum absolute atomic E-state index is 12.3. The predicted octanol–water partition coefficient (Wildman–Crippen LogP) is 3.26. The summed E-state index contributed by atoms with van der Waals surface area (Å²) >= 11 is 0. The van der Waals surface area contributed by atoms with E-state index in [0.717, 1.165) is 56.3 Å². The van der Waals surface area contributed by atoms with Crippen LogP contribution in [0.5, 0.6) is 5.75 Å². The van der Waals surface area contributed by atoms with Gasteiger partial charge in [0.15, 0.2) is 5.96 Å². The Labute approximate surface area is 163 Å². The van der Waals surface area contributed by atoms with Crippen molar-refractivity contribution in [1.29, 1.82) is 0 Å². The van der Waals surface area contributed by atoms with Gasteiger partial charge in [0.2, 0.25) is 0 Å². The minimum absolute atomic E-state index is 0.173. The molecule has 152 valence electrons. The molecular weight excluding hydrogens is 366 g/mol. The van der Waals surface area contributed by atoms with Gasteiger partial charge in [-0.2, -0.15) is 8.78 Å². The van der Waals surface area contributed by atoms with Gasteiger partial charge in [-0.25, -0.2) is 0 Å². The first-order valence-corrected chi connectivity index (χ1v) is 9.43. The zero-order valence-electron chi connectivity index (χ0n) is 15.9. The lowest BCUT2D eigenvalue weighted by Gasteiger charge is -2.35. The Kier molecular flexibility index (Phi) is 7.11. The summed E-state index contributed by atoms with van der Waals surface area (Å²) in [4.78, 5) is 6.54. The first-order chi connectivity index (χ1) is 13.6. The third kappa shape index (κ3) is 5.87. The number of halogens is 2. The van der Waals surface area contributed by atoms with Crippen molar-refractivity contribution in [1.82, 2.24) is 10.6 Å². The van der Waals surface area contributed by atoms with E-state index in [2.05, 4.69) is 25.3 Å². The molecule has 0 spiro atoms. The third-order valence-electron chi connectivity index (χ3n) is 4.66. The van der Waals surface area contributed by atoms with Crippen molar-refractivity contribution in [3.63, 3.8) is 0 Å². The van der Waals surface area contributed by atoms with Gasteiger partial charge >= 0.3 is 6.61 Å². The first-order valence-electron chi connectivity index (χ1n) is 9.43. The molecule has 8 heteroatoms. The fourth-order valence-corrected chi connectivity index (χ4v) is 3.31. The van der Waals surface area contributed by atoms with Crippen LogP contribution in [0.4, 0.5) is 14.5 Å². The fraction of sp³-hybridized carbons (Fsp3) is 0.450. The van der Waals surface area contributed by atoms with Crippen LogP contribution in [0.1, 0.15) is 18.6 Å². The van der Waals surface area contributed by atoms with Crippen LogP contribution in [-0.2, 0) is 6.42 Å². The molecule has 0 amide bonds. The number of furan rings is 1. The molecule has 1 aromatic carbocycles. The number of benzene rings is 1. The monoisotopic (exact) mass is 392 g/mol. The van der Waals surface area contributed by atoms with Crippen LogP contribution in [0, 0.1) is 0 Å². The summed E-state index contributed by atoms with van der Waals surface area (Å²) < 4.78 is 34.3. The van der Waals surface area contributed by atoms with Crippen molar-refractivity contribution in [2.45, 2.75) is 31.9 Å². The van der Waals surface area contributed by atoms with E-state index >= 15 is 0 Å². The normalized spacial score (nSPS) is 17.6. The van der Waals surface area contributed by atoms with Crippen molar-refractivity contribution >= 4 is 11.6 Å². The minimum Gasteiger partial charge on any atom is -0.469 e. The number of ether oxygens (including phenoxy) is 1. The van der Waals surface area contributed by atoms with E-state index in [9.17, 15) is 8.78 Å². The molecule has 1 saturated heterocycles. The van der Waals surface area contributed by atoms with Crippen molar-refractivity contribution in [3.8, 4) is 5.75 Å². The number of anilines is 1. The summed E-state index contributed by atoms with van der Waals surface area (Å²) in [6.07, 6.45) is 4.54. The van der Waals surface area contributed by atoms with Gasteiger partial charge in [0.1, 0.15) is 11.5 Å². The van der Waals surface area contributed by atoms with Gasteiger partial charge in [0.05, 0.1) is 6.26 Å². The Bertz CT molecular complexity index is 735. The number of rotatable bonds is 7. The lowest BCUT2D eigenvalue weighted by atomic mass is 10.0. The number of piperidine rings is 1. The molecule has 1 fully saturated rings. The molecule has 1 aromatic heterocycles. The molecule has 1 aliphatic heterocycles. The summed E-state index contributed by atoms with van der Waals surface area (Å²) in [6.45, 7) is -0.331. The molecule has 0 saturated carbocycles. The zero-order valence-corrected chi connectivity index (χ0v) is 15.9. The van der Waals surface area contributed by atoms with E-state index in [1.807, 2.05) is 24.3 Å². The Morgan fingerprint density at radius 2 is 2.14 bits per heavy atom. The average molecular weight is 392 g/mol. The van der Waals surface area contributed by atoms with Gasteiger partial charge in [0, 0.05) is 44.8 Å². The van der Waals surface area contributed by atoms with E-state index in [1.54, 1.807) is 25.4 Å². The molecule has 2 N–H and O–H groups in total. The van der Waals surface area contributed by atoms with Crippen molar-refractivity contribution in [3.05, 3.63) is 48.4 Å². The van der Waals surface area contributed by atoms with Crippen LogP contribution in [0.15, 0.2) is 52.1 Å². The lowest BCUT2D eigenvalue weighted by Crippen LogP contribution is -2.51. The Morgan fingerprint density at radius 1 is 1.32 bits per heavy atom. The zero-order chi connectivity index (χ0) is 19.8. The van der Waals surface area contributed by atoms with E-state index in [4.69, 9.17) is 4.42 Å². The molecule has 28 heavy (non-hydrogen) atoms. The van der Waals surface area contributed by atoms with Crippen LogP contribution in [0.2, 0.25) is 0 Å². The van der Waals surface area contributed by atoms with E-state index in [-0.39, 0.29) is 11.8 Å². The molecule has 0 bridgehead atoms. The quantitative estimate of drug-likeness (QED) is 0.560. The molecule has 2 aromatic rings. The molecule has 1 atom stereocenters. The molecule has 3 rings (SSSR count). The average Bonchev–Trinajstić information content (AvgIpc) is 3.21. The number of nitrogens with zero attached hydrogens (tertiary/aromatic N) is 2. The topological polar surface area (TPSA) is 62.0 Å². The highest BCUT2D eigenvalue weighted by Gasteiger charge is 2.21. The predicted molar refractivity (Wildman–Crippen MR) is 105 cm³/mol. The number of nitrogens with one attached hydrogen (secondary N) is 2. The number of aliphatic imine (C=N–C) groups is 1. The highest BCUT2D eigenvalue weighted by atomic mass is 19.3. The van der Waals surface area contributed by atoms with Gasteiger partial charge in [-0.05, 0) is 49.2 Å². The molecule has 1 aliphatic rings. The standard InChI is InChI=1S/C20H26F2N4O2/c1-23-20(24-11-10-17-5-3-13-27-17)25-15-4-2-12-26(14-15)16-6-8-18(9-7-16)28-19(21)22/h3,5-9,13,15,19H,2,4,10-12,14H2,1H3,(H2,23,24,25). The third-order valence-corrected chi connectivity index (χ3v) is 4.66. The van der Waals surface area contributed by atoms with Crippen molar-refractivity contribution in [2.75, 3.05) is 31.6 Å². The van der Waals surface area contributed by atoms with Gasteiger partial charge < -0.3 is 24.7 Å². The van der Waals surface area contributed by atoms with Crippen LogP contribution in [-0.4, -0.2) is 45.3 Å². The van der Waals surface area contributed by atoms with Crippen LogP contribution < -0.4 is 20.3 Å². The SMILES string of the molecule is CN=C(NCCc1ccco1)NC1CCCN(c2ccc(OC(F)F)cc2)C1. The Hall–Kier alpha value is -2.77. The number of guanidine groups is 1. The second-order valence-electron chi connectivity index (χ2n) is 6.63. The van der Waals surface area contributed by atoms with Crippen molar-refractivity contribution in [2.24, 2.45) is 4.99 Å². The summed E-state index contributed by atoms with van der Waals surface area (Å²) in [6, 6.07) is 10.9. The van der Waals surface area contributed by atoms with Gasteiger partial charge in [-0.1, -0.05) is 0 Å². The second-order valence-corrected chi connectivity index (χ2v) is 6.63.